The zero-order valence-electron chi connectivity index (χ0n) is 7.27. The van der Waals surface area contributed by atoms with E-state index in [0.717, 1.165) is 24.8 Å². The molecular formula is C10H17N. The van der Waals surface area contributed by atoms with Crippen LogP contribution in [0.1, 0.15) is 25.7 Å². The van der Waals surface area contributed by atoms with Gasteiger partial charge in [0.15, 0.2) is 0 Å². The van der Waals surface area contributed by atoms with Crippen LogP contribution < -0.4 is 5.32 Å². The molecule has 11 heavy (non-hydrogen) atoms. The van der Waals surface area contributed by atoms with Gasteiger partial charge in [-0.3, -0.25) is 0 Å². The minimum atomic E-state index is 0.799. The smallest absolute Gasteiger partial charge is 0.0117 e. The molecule has 1 N–H and O–H groups in total. The summed E-state index contributed by atoms with van der Waals surface area (Å²) < 4.78 is 0. The Morgan fingerprint density at radius 3 is 2.82 bits per heavy atom. The molecule has 0 aromatic carbocycles. The molecule has 0 amide bonds. The molecule has 1 rings (SSSR count). The van der Waals surface area contributed by atoms with Gasteiger partial charge in [-0.1, -0.05) is 6.42 Å². The second-order valence-electron chi connectivity index (χ2n) is 3.42. The predicted molar refractivity (Wildman–Crippen MR) is 48.2 cm³/mol. The Bertz CT molecular complexity index is 145. The molecular weight excluding hydrogens is 134 g/mol. The Hall–Kier alpha value is -0.480. The number of nitrogens with one attached hydrogen (secondary N) is 1. The fraction of sp³-hybridized carbons (Fsp3) is 0.800. The molecule has 1 aliphatic carbocycles. The van der Waals surface area contributed by atoms with E-state index in [1.54, 1.807) is 0 Å². The highest BCUT2D eigenvalue weighted by Crippen LogP contribution is 2.33. The van der Waals surface area contributed by atoms with Crippen molar-refractivity contribution in [3.8, 4) is 12.3 Å². The fourth-order valence-electron chi connectivity index (χ4n) is 2.06. The van der Waals surface area contributed by atoms with E-state index in [0.29, 0.717) is 0 Å². The van der Waals surface area contributed by atoms with E-state index in [4.69, 9.17) is 6.42 Å². The van der Waals surface area contributed by atoms with Crippen molar-refractivity contribution in [1.82, 2.24) is 5.32 Å². The summed E-state index contributed by atoms with van der Waals surface area (Å²) in [7, 11) is 2.02. The van der Waals surface area contributed by atoms with Crippen LogP contribution in [0.15, 0.2) is 0 Å². The van der Waals surface area contributed by atoms with E-state index >= 15 is 0 Å². The number of hydrogen-bond donors (Lipinski definition) is 1. The van der Waals surface area contributed by atoms with E-state index in [2.05, 4.69) is 11.2 Å². The second kappa shape index (κ2) is 4.41. The van der Waals surface area contributed by atoms with Crippen molar-refractivity contribution in [3.63, 3.8) is 0 Å². The second-order valence-corrected chi connectivity index (χ2v) is 3.42. The van der Waals surface area contributed by atoms with Gasteiger partial charge in [-0.05, 0) is 38.3 Å². The summed E-state index contributed by atoms with van der Waals surface area (Å²) in [5.41, 5.74) is 0. The van der Waals surface area contributed by atoms with Gasteiger partial charge in [0.25, 0.3) is 0 Å². The first kappa shape index (κ1) is 8.62. The van der Waals surface area contributed by atoms with Crippen LogP contribution in [0, 0.1) is 24.2 Å². The lowest BCUT2D eigenvalue weighted by Crippen LogP contribution is -2.21. The molecule has 0 spiro atoms. The molecule has 1 saturated carbocycles. The minimum Gasteiger partial charge on any atom is -0.319 e. The maximum Gasteiger partial charge on any atom is 0.0117 e. The van der Waals surface area contributed by atoms with E-state index in [1.165, 1.54) is 19.3 Å². The summed E-state index contributed by atoms with van der Waals surface area (Å²) in [5.74, 6) is 4.41. The normalized spacial score (nSPS) is 30.2. The van der Waals surface area contributed by atoms with Gasteiger partial charge >= 0.3 is 0 Å². The van der Waals surface area contributed by atoms with Crippen LogP contribution >= 0.6 is 0 Å². The average molecular weight is 151 g/mol. The molecule has 1 aliphatic rings. The summed E-state index contributed by atoms with van der Waals surface area (Å²) in [4.78, 5) is 0. The standard InChI is InChI=1S/C10H17N/c1-3-5-9-6-4-7-10(9)8-11-2/h1,9-11H,4-8H2,2H3. The molecule has 2 atom stereocenters. The number of terminal acetylenes is 1. The van der Waals surface area contributed by atoms with Gasteiger partial charge in [0.2, 0.25) is 0 Å². The Kier molecular flexibility index (Phi) is 3.45. The van der Waals surface area contributed by atoms with Gasteiger partial charge in [0, 0.05) is 6.42 Å². The Labute approximate surface area is 69.6 Å². The van der Waals surface area contributed by atoms with Crippen LogP contribution in [0.4, 0.5) is 0 Å². The third-order valence-electron chi connectivity index (χ3n) is 2.66. The number of rotatable bonds is 3. The molecule has 0 saturated heterocycles. The van der Waals surface area contributed by atoms with Gasteiger partial charge in [-0.2, -0.15) is 0 Å². The van der Waals surface area contributed by atoms with Gasteiger partial charge < -0.3 is 5.32 Å². The lowest BCUT2D eigenvalue weighted by molar-refractivity contribution is 0.383. The van der Waals surface area contributed by atoms with Crippen LogP contribution in [0.2, 0.25) is 0 Å². The van der Waals surface area contributed by atoms with Gasteiger partial charge in [-0.15, -0.1) is 12.3 Å². The van der Waals surface area contributed by atoms with Gasteiger partial charge in [0.1, 0.15) is 0 Å². The molecule has 0 aromatic heterocycles. The molecule has 0 bridgehead atoms. The summed E-state index contributed by atoms with van der Waals surface area (Å²) in [5, 5.41) is 3.23. The zero-order chi connectivity index (χ0) is 8.10. The topological polar surface area (TPSA) is 12.0 Å². The highest BCUT2D eigenvalue weighted by Gasteiger charge is 2.25. The van der Waals surface area contributed by atoms with Crippen molar-refractivity contribution >= 4 is 0 Å². The first-order chi connectivity index (χ1) is 5.38. The van der Waals surface area contributed by atoms with Crippen LogP contribution in [0.5, 0.6) is 0 Å². The van der Waals surface area contributed by atoms with E-state index < -0.39 is 0 Å². The molecule has 0 radical (unpaired) electrons. The molecule has 2 unspecified atom stereocenters. The summed E-state index contributed by atoms with van der Waals surface area (Å²) in [6, 6.07) is 0. The van der Waals surface area contributed by atoms with Gasteiger partial charge in [-0.25, -0.2) is 0 Å². The SMILES string of the molecule is C#CCC1CCCC1CNC. The molecule has 1 heteroatoms. The van der Waals surface area contributed by atoms with Crippen molar-refractivity contribution in [2.45, 2.75) is 25.7 Å². The molecule has 1 fully saturated rings. The monoisotopic (exact) mass is 151 g/mol. The maximum absolute atomic E-state index is 5.30. The summed E-state index contributed by atoms with van der Waals surface area (Å²) in [6.45, 7) is 1.15. The van der Waals surface area contributed by atoms with Crippen molar-refractivity contribution < 1.29 is 0 Å². The highest BCUT2D eigenvalue weighted by atomic mass is 14.8. The van der Waals surface area contributed by atoms with Crippen LogP contribution in [0.3, 0.4) is 0 Å². The van der Waals surface area contributed by atoms with Crippen LogP contribution in [-0.2, 0) is 0 Å². The molecule has 1 nitrogen and oxygen atoms in total. The zero-order valence-corrected chi connectivity index (χ0v) is 7.27. The van der Waals surface area contributed by atoms with Crippen molar-refractivity contribution in [2.24, 2.45) is 11.8 Å². The maximum atomic E-state index is 5.30. The largest absolute Gasteiger partial charge is 0.319 e. The minimum absolute atomic E-state index is 0.799. The molecule has 0 heterocycles. The highest BCUT2D eigenvalue weighted by molar-refractivity contribution is 4.91. The molecule has 0 aromatic rings. The summed E-state index contributed by atoms with van der Waals surface area (Å²) >= 11 is 0. The lowest BCUT2D eigenvalue weighted by atomic mass is 9.93. The quantitative estimate of drug-likeness (QED) is 0.605. The first-order valence-electron chi connectivity index (χ1n) is 4.46. The van der Waals surface area contributed by atoms with Gasteiger partial charge in [0.05, 0.1) is 0 Å². The fourth-order valence-corrected chi connectivity index (χ4v) is 2.06. The third-order valence-corrected chi connectivity index (χ3v) is 2.66. The third kappa shape index (κ3) is 2.24. The van der Waals surface area contributed by atoms with Crippen LogP contribution in [0.25, 0.3) is 0 Å². The average Bonchev–Trinajstić information content (AvgIpc) is 2.39. The molecule has 0 aliphatic heterocycles. The number of hydrogen-bond acceptors (Lipinski definition) is 1. The van der Waals surface area contributed by atoms with Crippen molar-refractivity contribution in [3.05, 3.63) is 0 Å². The van der Waals surface area contributed by atoms with E-state index in [9.17, 15) is 0 Å². The Balaban J connectivity index is 2.32. The van der Waals surface area contributed by atoms with Crippen molar-refractivity contribution in [1.29, 1.82) is 0 Å². The lowest BCUT2D eigenvalue weighted by Gasteiger charge is -2.16. The van der Waals surface area contributed by atoms with E-state index in [1.807, 2.05) is 7.05 Å². The van der Waals surface area contributed by atoms with E-state index in [-0.39, 0.29) is 0 Å². The summed E-state index contributed by atoms with van der Waals surface area (Å²) in [6.07, 6.45) is 10.4. The Morgan fingerprint density at radius 1 is 1.45 bits per heavy atom. The Morgan fingerprint density at radius 2 is 2.18 bits per heavy atom. The molecule has 62 valence electrons. The van der Waals surface area contributed by atoms with Crippen LogP contribution in [-0.4, -0.2) is 13.6 Å². The van der Waals surface area contributed by atoms with Crippen molar-refractivity contribution in [2.75, 3.05) is 13.6 Å². The predicted octanol–water partition coefficient (Wildman–Crippen LogP) is 1.65. The first-order valence-corrected chi connectivity index (χ1v) is 4.46.